The van der Waals surface area contributed by atoms with Gasteiger partial charge in [0.15, 0.2) is 5.13 Å². The Morgan fingerprint density at radius 1 is 1.85 bits per heavy atom. The number of hydrogen-bond donors (Lipinski definition) is 3. The van der Waals surface area contributed by atoms with Gasteiger partial charge in [-0.1, -0.05) is 11.3 Å². The van der Waals surface area contributed by atoms with E-state index in [-0.39, 0.29) is 11.9 Å². The lowest BCUT2D eigenvalue weighted by atomic mass is 10.2. The van der Waals surface area contributed by atoms with Gasteiger partial charge in [0.1, 0.15) is 5.00 Å². The van der Waals surface area contributed by atoms with Gasteiger partial charge in [0, 0.05) is 12.5 Å². The molecule has 5 N–H and O–H groups in total. The van der Waals surface area contributed by atoms with Crippen LogP contribution in [-0.2, 0) is 4.79 Å². The molecule has 0 aromatic carbocycles. The van der Waals surface area contributed by atoms with Crippen molar-refractivity contribution in [2.24, 2.45) is 5.73 Å². The van der Waals surface area contributed by atoms with Gasteiger partial charge in [-0.2, -0.15) is 0 Å². The summed E-state index contributed by atoms with van der Waals surface area (Å²) in [5.74, 6) is -0.329. The molecule has 0 spiro atoms. The van der Waals surface area contributed by atoms with E-state index in [0.717, 1.165) is 0 Å². The zero-order valence-electron chi connectivity index (χ0n) is 7.28. The molecule has 1 aromatic rings. The molecule has 6 heteroatoms. The van der Waals surface area contributed by atoms with E-state index in [2.05, 4.69) is 10.3 Å². The Morgan fingerprint density at radius 3 is 3.00 bits per heavy atom. The van der Waals surface area contributed by atoms with E-state index in [0.29, 0.717) is 16.6 Å². The summed E-state index contributed by atoms with van der Waals surface area (Å²) in [6, 6.07) is -0.0111. The lowest BCUT2D eigenvalue weighted by molar-refractivity contribution is -0.118. The minimum Gasteiger partial charge on any atom is -0.389 e. The molecule has 13 heavy (non-hydrogen) atoms. The van der Waals surface area contributed by atoms with Crippen molar-refractivity contribution in [2.75, 3.05) is 11.1 Å². The number of rotatable bonds is 4. The van der Waals surface area contributed by atoms with Crippen LogP contribution in [0.1, 0.15) is 13.3 Å². The van der Waals surface area contributed by atoms with Gasteiger partial charge in [-0.25, -0.2) is 4.98 Å². The number of thiazole rings is 1. The molecule has 1 aromatic heterocycles. The lowest BCUT2D eigenvalue weighted by Gasteiger charge is -2.09. The second-order valence-corrected chi connectivity index (χ2v) is 3.85. The number of amides is 1. The fraction of sp³-hybridized carbons (Fsp3) is 0.429. The molecule has 0 fully saturated rings. The van der Waals surface area contributed by atoms with Crippen molar-refractivity contribution in [3.05, 3.63) is 6.20 Å². The fourth-order valence-corrected chi connectivity index (χ4v) is 1.61. The van der Waals surface area contributed by atoms with Gasteiger partial charge in [0.2, 0.25) is 5.91 Å². The highest BCUT2D eigenvalue weighted by Crippen LogP contribution is 2.20. The van der Waals surface area contributed by atoms with E-state index < -0.39 is 0 Å². The van der Waals surface area contributed by atoms with E-state index in [1.165, 1.54) is 11.3 Å². The van der Waals surface area contributed by atoms with Crippen LogP contribution in [0.5, 0.6) is 0 Å². The first kappa shape index (κ1) is 9.79. The molecular formula is C7H12N4OS. The number of nitrogens with two attached hydrogens (primary N) is 2. The van der Waals surface area contributed by atoms with Crippen LogP contribution in [-0.4, -0.2) is 16.9 Å². The van der Waals surface area contributed by atoms with Gasteiger partial charge in [-0.15, -0.1) is 0 Å². The van der Waals surface area contributed by atoms with Gasteiger partial charge in [0.05, 0.1) is 6.20 Å². The zero-order valence-corrected chi connectivity index (χ0v) is 8.10. The molecule has 0 aliphatic carbocycles. The summed E-state index contributed by atoms with van der Waals surface area (Å²) in [5.41, 5.74) is 10.5. The van der Waals surface area contributed by atoms with E-state index in [9.17, 15) is 4.79 Å². The maximum atomic E-state index is 10.5. The zero-order chi connectivity index (χ0) is 9.84. The summed E-state index contributed by atoms with van der Waals surface area (Å²) in [6.07, 6.45) is 1.86. The molecule has 1 unspecified atom stereocenters. The molecule has 0 aliphatic rings. The van der Waals surface area contributed by atoms with Gasteiger partial charge >= 0.3 is 0 Å². The largest absolute Gasteiger partial charge is 0.389 e. The van der Waals surface area contributed by atoms with E-state index >= 15 is 0 Å². The Hall–Kier alpha value is -1.30. The third kappa shape index (κ3) is 3.29. The van der Waals surface area contributed by atoms with Crippen LogP contribution in [0.4, 0.5) is 10.1 Å². The molecule has 1 heterocycles. The average molecular weight is 200 g/mol. The first-order chi connectivity index (χ1) is 6.08. The highest BCUT2D eigenvalue weighted by Gasteiger charge is 2.07. The molecule has 0 aliphatic heterocycles. The number of anilines is 2. The summed E-state index contributed by atoms with van der Waals surface area (Å²) in [5, 5.41) is 4.38. The summed E-state index contributed by atoms with van der Waals surface area (Å²) in [7, 11) is 0. The predicted molar refractivity (Wildman–Crippen MR) is 53.4 cm³/mol. The number of hydrogen-bond acceptors (Lipinski definition) is 5. The number of carbonyl (C=O) groups excluding carboxylic acids is 1. The second kappa shape index (κ2) is 4.08. The van der Waals surface area contributed by atoms with Crippen LogP contribution in [0.3, 0.4) is 0 Å². The van der Waals surface area contributed by atoms with Crippen LogP contribution in [0, 0.1) is 0 Å². The van der Waals surface area contributed by atoms with Crippen molar-refractivity contribution >= 4 is 27.4 Å². The summed E-state index contributed by atoms with van der Waals surface area (Å²) < 4.78 is 0. The highest BCUT2D eigenvalue weighted by atomic mass is 32.1. The molecule has 0 bridgehead atoms. The maximum absolute atomic E-state index is 10.5. The normalized spacial score (nSPS) is 12.4. The number of carbonyl (C=O) groups is 1. The lowest BCUT2D eigenvalue weighted by Crippen LogP contribution is -2.23. The summed E-state index contributed by atoms with van der Waals surface area (Å²) >= 11 is 1.35. The standard InChI is InChI=1S/C7H12N4OS/c1-4(2-5(8)12)11-7-10-3-6(9)13-7/h3-4H,2,9H2,1H3,(H2,8,12)(H,10,11). The monoisotopic (exact) mass is 200 g/mol. The minimum absolute atomic E-state index is 0.0111. The SMILES string of the molecule is CC(CC(N)=O)Nc1ncc(N)s1. The Kier molecular flexibility index (Phi) is 3.07. The molecule has 1 atom stereocenters. The first-order valence-electron chi connectivity index (χ1n) is 3.84. The number of nitrogens with zero attached hydrogens (tertiary/aromatic N) is 1. The van der Waals surface area contributed by atoms with Crippen molar-refractivity contribution in [1.29, 1.82) is 0 Å². The molecular weight excluding hydrogens is 188 g/mol. The van der Waals surface area contributed by atoms with Crippen molar-refractivity contribution < 1.29 is 4.79 Å². The Morgan fingerprint density at radius 2 is 2.54 bits per heavy atom. The Bertz CT molecular complexity index is 298. The smallest absolute Gasteiger partial charge is 0.219 e. The van der Waals surface area contributed by atoms with Crippen LogP contribution < -0.4 is 16.8 Å². The number of nitrogens with one attached hydrogen (secondary N) is 1. The van der Waals surface area contributed by atoms with Crippen molar-refractivity contribution in [3.63, 3.8) is 0 Å². The van der Waals surface area contributed by atoms with E-state index in [1.807, 2.05) is 6.92 Å². The topological polar surface area (TPSA) is 94.0 Å². The van der Waals surface area contributed by atoms with Crippen LogP contribution in [0.15, 0.2) is 6.20 Å². The minimum atomic E-state index is -0.329. The number of primary amides is 1. The van der Waals surface area contributed by atoms with Crippen molar-refractivity contribution in [1.82, 2.24) is 4.98 Å². The highest BCUT2D eigenvalue weighted by molar-refractivity contribution is 7.19. The predicted octanol–water partition coefficient (Wildman–Crippen LogP) is 0.401. The Labute approximate surface area is 80.1 Å². The van der Waals surface area contributed by atoms with Crippen LogP contribution >= 0.6 is 11.3 Å². The molecule has 0 saturated carbocycles. The quantitative estimate of drug-likeness (QED) is 0.655. The van der Waals surface area contributed by atoms with Gasteiger partial charge in [-0.05, 0) is 6.92 Å². The summed E-state index contributed by atoms with van der Waals surface area (Å²) in [6.45, 7) is 1.86. The third-order valence-corrected chi connectivity index (χ3v) is 2.16. The molecule has 0 saturated heterocycles. The molecule has 1 rings (SSSR count). The van der Waals surface area contributed by atoms with E-state index in [1.54, 1.807) is 6.20 Å². The van der Waals surface area contributed by atoms with E-state index in [4.69, 9.17) is 11.5 Å². The molecule has 1 amide bonds. The average Bonchev–Trinajstić information content (AvgIpc) is 2.33. The fourth-order valence-electron chi connectivity index (χ4n) is 0.917. The number of aromatic nitrogens is 1. The number of nitrogen functional groups attached to an aromatic ring is 1. The third-order valence-electron chi connectivity index (χ3n) is 1.40. The Balaban J connectivity index is 2.44. The van der Waals surface area contributed by atoms with Crippen LogP contribution in [0.2, 0.25) is 0 Å². The van der Waals surface area contributed by atoms with Crippen molar-refractivity contribution in [3.8, 4) is 0 Å². The van der Waals surface area contributed by atoms with Gasteiger partial charge < -0.3 is 16.8 Å². The second-order valence-electron chi connectivity index (χ2n) is 2.78. The molecule has 72 valence electrons. The van der Waals surface area contributed by atoms with Gasteiger partial charge in [0.25, 0.3) is 0 Å². The first-order valence-corrected chi connectivity index (χ1v) is 4.65. The van der Waals surface area contributed by atoms with Crippen molar-refractivity contribution in [2.45, 2.75) is 19.4 Å². The van der Waals surface area contributed by atoms with Crippen LogP contribution in [0.25, 0.3) is 0 Å². The maximum Gasteiger partial charge on any atom is 0.219 e. The molecule has 0 radical (unpaired) electrons. The molecule has 5 nitrogen and oxygen atoms in total. The van der Waals surface area contributed by atoms with Gasteiger partial charge in [-0.3, -0.25) is 4.79 Å². The summed E-state index contributed by atoms with van der Waals surface area (Å²) in [4.78, 5) is 14.5.